The number of aryl methyl sites for hydroxylation is 1. The van der Waals surface area contributed by atoms with E-state index in [9.17, 15) is 5.11 Å². The van der Waals surface area contributed by atoms with Gasteiger partial charge in [-0.3, -0.25) is 4.99 Å². The second-order valence-corrected chi connectivity index (χ2v) is 11.2. The van der Waals surface area contributed by atoms with E-state index in [1.807, 2.05) is 19.2 Å². The number of aliphatic imine (C=N–C) groups is 1. The number of aromatic hydroxyl groups is 1. The van der Waals surface area contributed by atoms with Crippen LogP contribution in [-0.2, 0) is 26.3 Å². The predicted molar refractivity (Wildman–Crippen MR) is 102 cm³/mol. The first-order chi connectivity index (χ1) is 11.3. The maximum absolute atomic E-state index is 10.6. The van der Waals surface area contributed by atoms with Gasteiger partial charge in [-0.1, -0.05) is 52.2 Å². The number of nitrogens with zero attached hydrogens (tertiary/aromatic N) is 1. The fraction of sp³-hybridized carbons (Fsp3) is 0.632. The third-order valence-electron chi connectivity index (χ3n) is 4.55. The summed E-state index contributed by atoms with van der Waals surface area (Å²) in [6.07, 6.45) is 8.59. The normalized spacial score (nSPS) is 15.9. The molecule has 1 fully saturated rings. The third-order valence-corrected chi connectivity index (χ3v) is 4.55. The summed E-state index contributed by atoms with van der Waals surface area (Å²) >= 11 is -0.826. The van der Waals surface area contributed by atoms with Crippen molar-refractivity contribution in [2.24, 2.45) is 10.9 Å². The molecule has 0 spiro atoms. The summed E-state index contributed by atoms with van der Waals surface area (Å²) < 4.78 is 0. The van der Waals surface area contributed by atoms with E-state index < -0.39 is 20.8 Å². The molecule has 0 radical (unpaired) electrons. The van der Waals surface area contributed by atoms with Crippen LogP contribution in [0.25, 0.3) is 0 Å². The summed E-state index contributed by atoms with van der Waals surface area (Å²) in [7, 11) is 9.87. The first-order valence-corrected chi connectivity index (χ1v) is 14.9. The summed E-state index contributed by atoms with van der Waals surface area (Å²) in [5.74, 6) is 1.14. The molecule has 1 aromatic carbocycles. The Morgan fingerprint density at radius 2 is 1.79 bits per heavy atom. The van der Waals surface area contributed by atoms with Crippen molar-refractivity contribution in [2.45, 2.75) is 65.2 Å². The number of phenols is 1. The number of rotatable bonds is 3. The zero-order chi connectivity index (χ0) is 18.2. The van der Waals surface area contributed by atoms with E-state index in [1.54, 1.807) is 0 Å². The number of halogens is 2. The second kappa shape index (κ2) is 11.0. The minimum absolute atomic E-state index is 0.0518. The number of phenolic OH excluding ortho intramolecular Hbond substituents is 1. The molecule has 0 aromatic heterocycles. The molecule has 0 heterocycles. The molecule has 24 heavy (non-hydrogen) atoms. The topological polar surface area (TPSA) is 32.6 Å². The van der Waals surface area contributed by atoms with Crippen molar-refractivity contribution in [3.63, 3.8) is 0 Å². The van der Waals surface area contributed by atoms with Gasteiger partial charge in [0.1, 0.15) is 5.75 Å². The van der Waals surface area contributed by atoms with E-state index in [0.717, 1.165) is 29.2 Å². The Hall–Kier alpha value is 0.153. The molecule has 1 N–H and O–H groups in total. The standard InChI is InChI=1S/C19H29NO.2ClH.Zr/c1-14-10-11-17(19(2,3)4)18(21)16(14)13-20-12-15-8-6-5-7-9-15;;;/h10-11,13,15,21H,5-9,12H2,1-4H3;2*1H;/q;;;+2/p-2. The fourth-order valence-electron chi connectivity index (χ4n) is 3.14. The van der Waals surface area contributed by atoms with E-state index in [4.69, 9.17) is 17.0 Å². The molecule has 5 heteroatoms. The SMILES string of the molecule is Cc1ccc(C(C)(C)C)c(O)c1C=NCC1CCCCC1.[Cl][Zr][Cl]. The van der Waals surface area contributed by atoms with Crippen LogP contribution < -0.4 is 0 Å². The third kappa shape index (κ3) is 7.18. The first kappa shape index (κ1) is 22.2. The van der Waals surface area contributed by atoms with Crippen LogP contribution in [0.2, 0.25) is 0 Å². The van der Waals surface area contributed by atoms with Gasteiger partial charge in [0.2, 0.25) is 0 Å². The molecule has 1 aromatic rings. The van der Waals surface area contributed by atoms with Crippen molar-refractivity contribution < 1.29 is 26.0 Å². The molecule has 2 rings (SSSR count). The van der Waals surface area contributed by atoms with Gasteiger partial charge in [-0.25, -0.2) is 0 Å². The Morgan fingerprint density at radius 1 is 1.21 bits per heavy atom. The molecule has 134 valence electrons. The second-order valence-electron chi connectivity index (χ2n) is 7.51. The monoisotopic (exact) mass is 447 g/mol. The molecule has 0 amide bonds. The maximum atomic E-state index is 10.6. The first-order valence-electron chi connectivity index (χ1n) is 8.60. The van der Waals surface area contributed by atoms with Crippen LogP contribution in [-0.4, -0.2) is 17.9 Å². The summed E-state index contributed by atoms with van der Waals surface area (Å²) in [4.78, 5) is 4.63. The van der Waals surface area contributed by atoms with Crippen molar-refractivity contribution in [3.8, 4) is 5.75 Å². The van der Waals surface area contributed by atoms with Crippen molar-refractivity contribution in [1.82, 2.24) is 0 Å². The van der Waals surface area contributed by atoms with E-state index in [0.29, 0.717) is 5.75 Å². The average Bonchev–Trinajstić information content (AvgIpc) is 2.51. The molecule has 1 saturated carbocycles. The quantitative estimate of drug-likeness (QED) is 0.534. The number of hydrogen-bond donors (Lipinski definition) is 1. The van der Waals surface area contributed by atoms with Crippen LogP contribution >= 0.6 is 17.0 Å². The molecular weight excluding hydrogens is 420 g/mol. The van der Waals surface area contributed by atoms with E-state index in [-0.39, 0.29) is 5.41 Å². The predicted octanol–water partition coefficient (Wildman–Crippen LogP) is 6.37. The molecule has 1 aliphatic rings. The fourth-order valence-corrected chi connectivity index (χ4v) is 3.14. The van der Waals surface area contributed by atoms with Crippen LogP contribution in [0.5, 0.6) is 5.75 Å². The number of benzene rings is 1. The molecule has 0 unspecified atom stereocenters. The Labute approximate surface area is 165 Å². The summed E-state index contributed by atoms with van der Waals surface area (Å²) in [5.41, 5.74) is 2.92. The van der Waals surface area contributed by atoms with Crippen molar-refractivity contribution in [3.05, 3.63) is 28.8 Å². The van der Waals surface area contributed by atoms with E-state index >= 15 is 0 Å². The van der Waals surface area contributed by atoms with Gasteiger partial charge in [0.15, 0.2) is 0 Å². The van der Waals surface area contributed by atoms with Crippen molar-refractivity contribution in [1.29, 1.82) is 0 Å². The molecular formula is C19H29Cl2NOZr. The Bertz CT molecular complexity index is 535. The van der Waals surface area contributed by atoms with E-state index in [1.165, 1.54) is 32.1 Å². The van der Waals surface area contributed by atoms with Crippen LogP contribution in [0.1, 0.15) is 69.6 Å². The Kier molecular flexibility index (Phi) is 10.2. The zero-order valence-corrected chi connectivity index (χ0v) is 19.2. The van der Waals surface area contributed by atoms with Gasteiger partial charge < -0.3 is 5.11 Å². The van der Waals surface area contributed by atoms with Gasteiger partial charge in [-0.2, -0.15) is 0 Å². The molecule has 1 aliphatic carbocycles. The van der Waals surface area contributed by atoms with Gasteiger partial charge >= 0.3 is 37.9 Å². The van der Waals surface area contributed by atoms with Gasteiger partial charge in [0.25, 0.3) is 0 Å². The van der Waals surface area contributed by atoms with Gasteiger partial charge in [-0.15, -0.1) is 0 Å². The van der Waals surface area contributed by atoms with Crippen molar-refractivity contribution >= 4 is 23.2 Å². The minimum atomic E-state index is -0.826. The number of hydrogen-bond acceptors (Lipinski definition) is 2. The summed E-state index contributed by atoms with van der Waals surface area (Å²) in [6.45, 7) is 9.31. The van der Waals surface area contributed by atoms with Crippen molar-refractivity contribution in [2.75, 3.05) is 6.54 Å². The van der Waals surface area contributed by atoms with Crippen LogP contribution in [0.15, 0.2) is 17.1 Å². The van der Waals surface area contributed by atoms with Gasteiger partial charge in [0, 0.05) is 18.3 Å². The Balaban J connectivity index is 0.000000891. The Morgan fingerprint density at radius 3 is 2.33 bits per heavy atom. The molecule has 2 nitrogen and oxygen atoms in total. The summed E-state index contributed by atoms with van der Waals surface area (Å²) in [6, 6.07) is 4.12. The van der Waals surface area contributed by atoms with E-state index in [2.05, 4.69) is 31.8 Å². The summed E-state index contributed by atoms with van der Waals surface area (Å²) in [5, 5.41) is 10.6. The zero-order valence-electron chi connectivity index (χ0n) is 15.2. The molecule has 0 atom stereocenters. The molecule has 0 bridgehead atoms. The van der Waals surface area contributed by atoms with Gasteiger partial charge in [-0.05, 0) is 42.2 Å². The molecule has 0 aliphatic heterocycles. The van der Waals surface area contributed by atoms with Gasteiger partial charge in [0.05, 0.1) is 0 Å². The van der Waals surface area contributed by atoms with Crippen LogP contribution in [0.3, 0.4) is 0 Å². The van der Waals surface area contributed by atoms with Crippen LogP contribution in [0, 0.1) is 12.8 Å². The average molecular weight is 450 g/mol. The molecule has 0 saturated heterocycles. The van der Waals surface area contributed by atoms with Crippen LogP contribution in [0.4, 0.5) is 0 Å².